The number of nitrogens with zero attached hydrogens (tertiary/aromatic N) is 4. The van der Waals surface area contributed by atoms with E-state index in [0.29, 0.717) is 11.4 Å². The second-order valence-corrected chi connectivity index (χ2v) is 11.2. The summed E-state index contributed by atoms with van der Waals surface area (Å²) in [5.41, 5.74) is 2.76. The highest BCUT2D eigenvalue weighted by molar-refractivity contribution is 7.99. The predicted octanol–water partition coefficient (Wildman–Crippen LogP) is 4.15. The highest BCUT2D eigenvalue weighted by atomic mass is 32.2. The summed E-state index contributed by atoms with van der Waals surface area (Å²) >= 11 is 1.62. The van der Waals surface area contributed by atoms with Crippen molar-refractivity contribution in [3.63, 3.8) is 0 Å². The third kappa shape index (κ3) is 4.91. The molecule has 0 radical (unpaired) electrons. The fraction of sp³-hybridized carbons (Fsp3) is 0.391. The maximum absolute atomic E-state index is 12.7. The minimum Gasteiger partial charge on any atom is -0.377 e. The van der Waals surface area contributed by atoms with Gasteiger partial charge < -0.3 is 4.74 Å². The van der Waals surface area contributed by atoms with Crippen LogP contribution in [-0.2, 0) is 14.8 Å². The van der Waals surface area contributed by atoms with Crippen molar-refractivity contribution in [1.82, 2.24) is 19.1 Å². The summed E-state index contributed by atoms with van der Waals surface area (Å²) in [4.78, 5) is 0.226. The van der Waals surface area contributed by atoms with Crippen LogP contribution in [0.5, 0.6) is 0 Å². The highest BCUT2D eigenvalue weighted by Crippen LogP contribution is 2.31. The molecule has 0 bridgehead atoms. The molecule has 3 aromatic rings. The normalized spacial score (nSPS) is 17.1. The summed E-state index contributed by atoms with van der Waals surface area (Å²) in [6.45, 7) is 2.86. The zero-order valence-corrected chi connectivity index (χ0v) is 20.2. The molecule has 1 aromatic heterocycles. The molecule has 170 valence electrons. The molecule has 1 fully saturated rings. The van der Waals surface area contributed by atoms with E-state index in [1.54, 1.807) is 30.0 Å². The molecule has 1 aliphatic heterocycles. The Bertz CT molecular complexity index is 1190. The van der Waals surface area contributed by atoms with Crippen molar-refractivity contribution in [2.24, 2.45) is 0 Å². The van der Waals surface area contributed by atoms with Crippen molar-refractivity contribution >= 4 is 21.8 Å². The Balaban J connectivity index is 1.75. The summed E-state index contributed by atoms with van der Waals surface area (Å²) in [5, 5.41) is 9.70. The van der Waals surface area contributed by atoms with Crippen LogP contribution in [0, 0.1) is 6.92 Å². The van der Waals surface area contributed by atoms with Crippen LogP contribution in [-0.4, -0.2) is 60.0 Å². The fourth-order valence-corrected chi connectivity index (χ4v) is 5.63. The molecule has 2 aromatic carbocycles. The predicted molar refractivity (Wildman–Crippen MR) is 127 cm³/mol. The first-order chi connectivity index (χ1) is 15.4. The quantitative estimate of drug-likeness (QED) is 0.481. The molecule has 0 aliphatic carbocycles. The van der Waals surface area contributed by atoms with Crippen LogP contribution in [0.25, 0.3) is 17.1 Å². The van der Waals surface area contributed by atoms with Crippen LogP contribution in [0.15, 0.2) is 58.6 Å². The zero-order valence-electron chi connectivity index (χ0n) is 18.6. The standard InChI is InChI=1S/C23H28N4O3S2/c1-17-8-6-10-19(14-17)27-22(18-9-7-12-21(15-18)32(28,29)26(2)3)24-25-23(27)31-16-20-11-4-5-13-30-20/h6-10,12,14-15,20H,4-5,11,13,16H2,1-3H3/t20-/m0/s1. The lowest BCUT2D eigenvalue weighted by atomic mass is 10.1. The Morgan fingerprint density at radius 3 is 2.66 bits per heavy atom. The molecule has 0 saturated carbocycles. The lowest BCUT2D eigenvalue weighted by Crippen LogP contribution is -2.22. The van der Waals surface area contributed by atoms with E-state index in [2.05, 4.69) is 16.3 Å². The summed E-state index contributed by atoms with van der Waals surface area (Å²) in [6.07, 6.45) is 3.59. The molecular weight excluding hydrogens is 444 g/mol. The van der Waals surface area contributed by atoms with Gasteiger partial charge in [-0.15, -0.1) is 10.2 Å². The topological polar surface area (TPSA) is 77.3 Å². The molecule has 1 atom stereocenters. The van der Waals surface area contributed by atoms with E-state index in [1.165, 1.54) is 24.8 Å². The van der Waals surface area contributed by atoms with E-state index in [9.17, 15) is 8.42 Å². The Labute approximate surface area is 193 Å². The number of hydrogen-bond donors (Lipinski definition) is 0. The van der Waals surface area contributed by atoms with Gasteiger partial charge in [-0.05, 0) is 56.0 Å². The van der Waals surface area contributed by atoms with E-state index >= 15 is 0 Å². The van der Waals surface area contributed by atoms with Gasteiger partial charge in [0.2, 0.25) is 10.0 Å². The number of rotatable bonds is 7. The Hall–Kier alpha value is -2.20. The minimum absolute atomic E-state index is 0.216. The Morgan fingerprint density at radius 2 is 1.94 bits per heavy atom. The molecule has 9 heteroatoms. The first-order valence-electron chi connectivity index (χ1n) is 10.7. The Kier molecular flexibility index (Phi) is 6.99. The molecular formula is C23H28N4O3S2. The van der Waals surface area contributed by atoms with Gasteiger partial charge in [0.25, 0.3) is 0 Å². The van der Waals surface area contributed by atoms with Crippen molar-refractivity contribution < 1.29 is 13.2 Å². The zero-order chi connectivity index (χ0) is 22.7. The van der Waals surface area contributed by atoms with E-state index < -0.39 is 10.0 Å². The fourth-order valence-electron chi connectivity index (χ4n) is 3.66. The number of thioether (sulfide) groups is 1. The Morgan fingerprint density at radius 1 is 1.12 bits per heavy atom. The molecule has 32 heavy (non-hydrogen) atoms. The number of hydrogen-bond acceptors (Lipinski definition) is 6. The van der Waals surface area contributed by atoms with Gasteiger partial charge in [-0.3, -0.25) is 4.57 Å². The van der Waals surface area contributed by atoms with Crippen molar-refractivity contribution in [3.05, 3.63) is 54.1 Å². The number of ether oxygens (including phenoxy) is 1. The molecule has 7 nitrogen and oxygen atoms in total. The summed E-state index contributed by atoms with van der Waals surface area (Å²) in [5.74, 6) is 1.41. The van der Waals surface area contributed by atoms with Gasteiger partial charge in [0.1, 0.15) is 0 Å². The van der Waals surface area contributed by atoms with Crippen molar-refractivity contribution in [1.29, 1.82) is 0 Å². The number of aryl methyl sites for hydroxylation is 1. The van der Waals surface area contributed by atoms with Crippen LogP contribution in [0.2, 0.25) is 0 Å². The molecule has 4 rings (SSSR count). The van der Waals surface area contributed by atoms with E-state index in [0.717, 1.165) is 41.6 Å². The maximum atomic E-state index is 12.7. The van der Waals surface area contributed by atoms with Crippen LogP contribution in [0.1, 0.15) is 24.8 Å². The van der Waals surface area contributed by atoms with Gasteiger partial charge in [0.15, 0.2) is 11.0 Å². The minimum atomic E-state index is -3.56. The molecule has 2 heterocycles. The second kappa shape index (κ2) is 9.74. The highest BCUT2D eigenvalue weighted by Gasteiger charge is 2.22. The van der Waals surface area contributed by atoms with Crippen LogP contribution in [0.3, 0.4) is 0 Å². The van der Waals surface area contributed by atoms with Crippen LogP contribution >= 0.6 is 11.8 Å². The number of sulfonamides is 1. The number of benzene rings is 2. The van der Waals surface area contributed by atoms with Crippen molar-refractivity contribution in [2.45, 2.75) is 42.3 Å². The molecule has 0 amide bonds. The average Bonchev–Trinajstić information content (AvgIpc) is 3.22. The van der Waals surface area contributed by atoms with Gasteiger partial charge in [0.05, 0.1) is 11.0 Å². The third-order valence-corrected chi connectivity index (χ3v) is 8.31. The van der Waals surface area contributed by atoms with Gasteiger partial charge in [-0.2, -0.15) is 0 Å². The summed E-state index contributed by atoms with van der Waals surface area (Å²) < 4.78 is 34.4. The molecule has 0 spiro atoms. The average molecular weight is 473 g/mol. The molecule has 1 aliphatic rings. The van der Waals surface area contributed by atoms with E-state index in [1.807, 2.05) is 35.8 Å². The lowest BCUT2D eigenvalue weighted by Gasteiger charge is -2.22. The van der Waals surface area contributed by atoms with Gasteiger partial charge in [-0.25, -0.2) is 12.7 Å². The first-order valence-corrected chi connectivity index (χ1v) is 13.1. The largest absolute Gasteiger partial charge is 0.377 e. The van der Waals surface area contributed by atoms with Crippen molar-refractivity contribution in [2.75, 3.05) is 26.5 Å². The SMILES string of the molecule is Cc1cccc(-n2c(SC[C@@H]3CCCCO3)nnc2-c2cccc(S(=O)(=O)N(C)C)c2)c1. The number of aromatic nitrogens is 3. The van der Waals surface area contributed by atoms with Gasteiger partial charge in [0, 0.05) is 37.7 Å². The van der Waals surface area contributed by atoms with Gasteiger partial charge >= 0.3 is 0 Å². The first kappa shape index (κ1) is 23.0. The maximum Gasteiger partial charge on any atom is 0.242 e. The molecule has 0 unspecified atom stereocenters. The van der Waals surface area contributed by atoms with Crippen LogP contribution < -0.4 is 0 Å². The monoisotopic (exact) mass is 472 g/mol. The van der Waals surface area contributed by atoms with Crippen LogP contribution in [0.4, 0.5) is 0 Å². The van der Waals surface area contributed by atoms with Crippen molar-refractivity contribution in [3.8, 4) is 17.1 Å². The lowest BCUT2D eigenvalue weighted by molar-refractivity contribution is 0.0315. The summed E-state index contributed by atoms with van der Waals surface area (Å²) in [7, 11) is -0.501. The molecule has 0 N–H and O–H groups in total. The second-order valence-electron chi connectivity index (χ2n) is 8.10. The third-order valence-electron chi connectivity index (χ3n) is 5.44. The van der Waals surface area contributed by atoms with Gasteiger partial charge in [-0.1, -0.05) is 36.0 Å². The smallest absolute Gasteiger partial charge is 0.242 e. The summed E-state index contributed by atoms with van der Waals surface area (Å²) in [6, 6.07) is 15.0. The molecule has 1 saturated heterocycles. The van der Waals surface area contributed by atoms with E-state index in [4.69, 9.17) is 4.74 Å². The van der Waals surface area contributed by atoms with E-state index in [-0.39, 0.29) is 11.0 Å².